The molecule has 0 spiro atoms. The molecule has 0 heterocycles. The lowest BCUT2D eigenvalue weighted by Gasteiger charge is -2.29. The van der Waals surface area contributed by atoms with Crippen molar-refractivity contribution in [2.45, 2.75) is 51.4 Å². The highest BCUT2D eigenvalue weighted by molar-refractivity contribution is 5.66. The molecule has 0 unspecified atom stereocenters. The molecule has 0 bridgehead atoms. The van der Waals surface area contributed by atoms with Crippen LogP contribution >= 0.6 is 0 Å². The van der Waals surface area contributed by atoms with Crippen molar-refractivity contribution < 1.29 is 31.1 Å². The molecule has 1 aliphatic carbocycles. The Balaban J connectivity index is 1.43. The van der Waals surface area contributed by atoms with Crippen molar-refractivity contribution in [3.8, 4) is 16.9 Å². The molecule has 37 heavy (non-hydrogen) atoms. The number of rotatable bonds is 8. The summed E-state index contributed by atoms with van der Waals surface area (Å²) in [6, 6.07) is 8.18. The molecule has 1 fully saturated rings. The Morgan fingerprint density at radius 3 is 2.03 bits per heavy atom. The van der Waals surface area contributed by atoms with Gasteiger partial charge in [0.1, 0.15) is 0 Å². The van der Waals surface area contributed by atoms with E-state index >= 15 is 8.78 Å². The third-order valence-corrected chi connectivity index (χ3v) is 7.29. The molecule has 0 atom stereocenters. The Labute approximate surface area is 212 Å². The summed E-state index contributed by atoms with van der Waals surface area (Å²) >= 11 is 0. The smallest absolute Gasteiger partial charge is 0.201 e. The SMILES string of the molecule is CCOc1ccc(-c2ccc(C3CCC(CCc4ccc(NC)c(F)c4F)CC3)c(F)c2F)c(F)c1F. The molecule has 1 aliphatic rings. The van der Waals surface area contributed by atoms with E-state index in [1.807, 2.05) is 0 Å². The average molecular weight is 522 g/mol. The van der Waals surface area contributed by atoms with Gasteiger partial charge >= 0.3 is 0 Å². The van der Waals surface area contributed by atoms with E-state index in [-0.39, 0.29) is 46.6 Å². The van der Waals surface area contributed by atoms with E-state index in [0.717, 1.165) is 12.8 Å². The molecule has 1 saturated carbocycles. The topological polar surface area (TPSA) is 21.3 Å². The standard InChI is InChI=1S/C29H29F6NO/c1-3-37-23-15-13-21(27(33)29(23)35)20-12-11-19(25(31)26(20)32)17-7-4-16(5-8-17)6-9-18-10-14-22(36-2)28(34)24(18)30/h10-17,36H,3-9H2,1-2H3. The van der Waals surface area contributed by atoms with Crippen LogP contribution in [0.1, 0.15) is 56.1 Å². The van der Waals surface area contributed by atoms with Crippen LogP contribution in [0.3, 0.4) is 0 Å². The molecule has 2 nitrogen and oxygen atoms in total. The number of hydrogen-bond acceptors (Lipinski definition) is 2. The van der Waals surface area contributed by atoms with Crippen molar-refractivity contribution >= 4 is 5.69 Å². The predicted molar refractivity (Wildman–Crippen MR) is 132 cm³/mol. The van der Waals surface area contributed by atoms with E-state index in [1.54, 1.807) is 13.0 Å². The molecule has 1 N–H and O–H groups in total. The number of benzene rings is 3. The van der Waals surface area contributed by atoms with Crippen LogP contribution in [0.2, 0.25) is 0 Å². The van der Waals surface area contributed by atoms with Gasteiger partial charge in [-0.2, -0.15) is 4.39 Å². The van der Waals surface area contributed by atoms with Gasteiger partial charge in [-0.3, -0.25) is 0 Å². The largest absolute Gasteiger partial charge is 0.491 e. The van der Waals surface area contributed by atoms with Crippen LogP contribution in [-0.2, 0) is 6.42 Å². The van der Waals surface area contributed by atoms with E-state index in [0.29, 0.717) is 31.2 Å². The molecular formula is C29H29F6NO. The fourth-order valence-electron chi connectivity index (χ4n) is 5.19. The second-order valence-corrected chi connectivity index (χ2v) is 9.41. The fraction of sp³-hybridized carbons (Fsp3) is 0.379. The number of hydrogen-bond donors (Lipinski definition) is 1. The lowest BCUT2D eigenvalue weighted by Crippen LogP contribution is -2.16. The summed E-state index contributed by atoms with van der Waals surface area (Å²) in [5, 5.41) is 2.61. The van der Waals surface area contributed by atoms with Crippen molar-refractivity contribution in [3.05, 3.63) is 82.4 Å². The highest BCUT2D eigenvalue weighted by Gasteiger charge is 2.28. The predicted octanol–water partition coefficient (Wildman–Crippen LogP) is 8.54. The van der Waals surface area contributed by atoms with E-state index in [9.17, 15) is 17.6 Å². The first-order valence-electron chi connectivity index (χ1n) is 12.5. The number of nitrogens with one attached hydrogen (secondary N) is 1. The van der Waals surface area contributed by atoms with Gasteiger partial charge in [0.2, 0.25) is 5.82 Å². The molecule has 3 aromatic rings. The molecular weight excluding hydrogens is 492 g/mol. The van der Waals surface area contributed by atoms with Gasteiger partial charge in [-0.15, -0.1) is 0 Å². The Morgan fingerprint density at radius 1 is 0.730 bits per heavy atom. The molecule has 0 aromatic heterocycles. The maximum Gasteiger partial charge on any atom is 0.201 e. The van der Waals surface area contributed by atoms with Crippen LogP contribution in [0, 0.1) is 40.8 Å². The molecule has 3 aromatic carbocycles. The van der Waals surface area contributed by atoms with Crippen LogP contribution in [-0.4, -0.2) is 13.7 Å². The van der Waals surface area contributed by atoms with Crippen molar-refractivity contribution in [1.29, 1.82) is 0 Å². The van der Waals surface area contributed by atoms with Crippen LogP contribution < -0.4 is 10.1 Å². The summed E-state index contributed by atoms with van der Waals surface area (Å²) in [4.78, 5) is 0. The average Bonchev–Trinajstić information content (AvgIpc) is 2.90. The highest BCUT2D eigenvalue weighted by Crippen LogP contribution is 2.41. The molecule has 198 valence electrons. The Morgan fingerprint density at radius 2 is 1.38 bits per heavy atom. The van der Waals surface area contributed by atoms with Crippen molar-refractivity contribution in [2.75, 3.05) is 19.0 Å². The minimum Gasteiger partial charge on any atom is -0.491 e. The normalized spacial score (nSPS) is 17.6. The molecule has 0 radical (unpaired) electrons. The minimum atomic E-state index is -1.30. The fourth-order valence-corrected chi connectivity index (χ4v) is 5.19. The molecule has 4 rings (SSSR count). The monoisotopic (exact) mass is 521 g/mol. The quantitative estimate of drug-likeness (QED) is 0.300. The lowest BCUT2D eigenvalue weighted by atomic mass is 9.76. The van der Waals surface area contributed by atoms with Gasteiger partial charge in [-0.05, 0) is 86.6 Å². The summed E-state index contributed by atoms with van der Waals surface area (Å²) in [7, 11) is 1.52. The minimum absolute atomic E-state index is 0.109. The van der Waals surface area contributed by atoms with Crippen LogP contribution in [0.25, 0.3) is 11.1 Å². The highest BCUT2D eigenvalue weighted by atomic mass is 19.2. The van der Waals surface area contributed by atoms with E-state index in [1.165, 1.54) is 37.4 Å². The summed E-state index contributed by atoms with van der Waals surface area (Å²) in [6.07, 6.45) is 3.77. The van der Waals surface area contributed by atoms with Gasteiger partial charge in [0.05, 0.1) is 12.3 Å². The van der Waals surface area contributed by atoms with Gasteiger partial charge in [0, 0.05) is 18.2 Å². The second kappa shape index (κ2) is 11.5. The Hall–Kier alpha value is -3.16. The number of ether oxygens (including phenoxy) is 1. The van der Waals surface area contributed by atoms with Gasteiger partial charge in [-0.25, -0.2) is 22.0 Å². The van der Waals surface area contributed by atoms with Crippen LogP contribution in [0.5, 0.6) is 5.75 Å². The Bertz CT molecular complexity index is 1270. The second-order valence-electron chi connectivity index (χ2n) is 9.41. The van der Waals surface area contributed by atoms with Crippen LogP contribution in [0.4, 0.5) is 32.0 Å². The zero-order valence-corrected chi connectivity index (χ0v) is 20.7. The zero-order chi connectivity index (χ0) is 26.7. The van der Waals surface area contributed by atoms with Crippen LogP contribution in [0.15, 0.2) is 36.4 Å². The lowest BCUT2D eigenvalue weighted by molar-refractivity contribution is 0.304. The van der Waals surface area contributed by atoms with Gasteiger partial charge in [0.15, 0.2) is 34.8 Å². The van der Waals surface area contributed by atoms with E-state index in [4.69, 9.17) is 4.74 Å². The molecule has 8 heteroatoms. The summed E-state index contributed by atoms with van der Waals surface area (Å²) in [5.74, 6) is -6.81. The molecule has 0 amide bonds. The summed E-state index contributed by atoms with van der Waals surface area (Å²) in [6.45, 7) is 1.76. The van der Waals surface area contributed by atoms with E-state index < -0.39 is 34.9 Å². The number of aryl methyl sites for hydroxylation is 1. The first-order chi connectivity index (χ1) is 17.8. The number of anilines is 1. The molecule has 0 saturated heterocycles. The van der Waals surface area contributed by atoms with E-state index in [2.05, 4.69) is 5.32 Å². The van der Waals surface area contributed by atoms with Gasteiger partial charge in [0.25, 0.3) is 0 Å². The Kier molecular flexibility index (Phi) is 8.35. The van der Waals surface area contributed by atoms with Crippen molar-refractivity contribution in [1.82, 2.24) is 0 Å². The van der Waals surface area contributed by atoms with Gasteiger partial charge in [-0.1, -0.05) is 18.2 Å². The van der Waals surface area contributed by atoms with Gasteiger partial charge < -0.3 is 10.1 Å². The molecule has 0 aliphatic heterocycles. The van der Waals surface area contributed by atoms with Crippen molar-refractivity contribution in [3.63, 3.8) is 0 Å². The third-order valence-electron chi connectivity index (χ3n) is 7.29. The zero-order valence-electron chi connectivity index (χ0n) is 20.7. The number of halogens is 6. The third kappa shape index (κ3) is 5.43. The maximum absolute atomic E-state index is 15.1. The first-order valence-corrected chi connectivity index (χ1v) is 12.5. The maximum atomic E-state index is 15.1. The summed E-state index contributed by atoms with van der Waals surface area (Å²) in [5.41, 5.74) is -0.0908. The van der Waals surface area contributed by atoms with Crippen molar-refractivity contribution in [2.24, 2.45) is 5.92 Å². The first kappa shape index (κ1) is 26.9. The summed E-state index contributed by atoms with van der Waals surface area (Å²) < 4.78 is 92.2.